The second-order valence-corrected chi connectivity index (χ2v) is 7.62. The SMILES string of the molecule is Cc1ccc([S+]([O-])c2ccc(CNCCc3ccccc3)cc2)cc1. The molecule has 0 fully saturated rings. The molecule has 2 nitrogen and oxygen atoms in total. The summed E-state index contributed by atoms with van der Waals surface area (Å²) in [6, 6.07) is 26.4. The van der Waals surface area contributed by atoms with Crippen LogP contribution in [0.3, 0.4) is 0 Å². The molecule has 128 valence electrons. The largest absolute Gasteiger partial charge is 0.606 e. The minimum Gasteiger partial charge on any atom is -0.606 e. The van der Waals surface area contributed by atoms with E-state index in [1.54, 1.807) is 0 Å². The quantitative estimate of drug-likeness (QED) is 0.504. The molecular weight excluding hydrogens is 326 g/mol. The maximum Gasteiger partial charge on any atom is 0.158 e. The van der Waals surface area contributed by atoms with E-state index in [1.807, 2.05) is 49.4 Å². The predicted octanol–water partition coefficient (Wildman–Crippen LogP) is 4.49. The van der Waals surface area contributed by atoms with Crippen molar-refractivity contribution in [3.63, 3.8) is 0 Å². The van der Waals surface area contributed by atoms with Crippen LogP contribution in [-0.4, -0.2) is 11.1 Å². The van der Waals surface area contributed by atoms with Crippen molar-refractivity contribution in [3.05, 3.63) is 95.6 Å². The summed E-state index contributed by atoms with van der Waals surface area (Å²) in [5.74, 6) is 0. The van der Waals surface area contributed by atoms with Gasteiger partial charge in [-0.05, 0) is 55.3 Å². The zero-order chi connectivity index (χ0) is 17.5. The number of nitrogens with one attached hydrogen (secondary N) is 1. The smallest absolute Gasteiger partial charge is 0.158 e. The van der Waals surface area contributed by atoms with E-state index in [-0.39, 0.29) is 0 Å². The summed E-state index contributed by atoms with van der Waals surface area (Å²) >= 11 is -1.12. The van der Waals surface area contributed by atoms with Gasteiger partial charge in [-0.25, -0.2) is 0 Å². The summed E-state index contributed by atoms with van der Waals surface area (Å²) in [5, 5.41) is 3.46. The second-order valence-electron chi connectivity index (χ2n) is 6.14. The minimum atomic E-state index is -1.12. The molecule has 0 aliphatic rings. The molecule has 0 heterocycles. The summed E-state index contributed by atoms with van der Waals surface area (Å²) in [5.41, 5.74) is 3.73. The zero-order valence-corrected chi connectivity index (χ0v) is 15.3. The van der Waals surface area contributed by atoms with Crippen molar-refractivity contribution in [2.75, 3.05) is 6.54 Å². The van der Waals surface area contributed by atoms with E-state index in [4.69, 9.17) is 0 Å². The number of rotatable bonds is 7. The Labute approximate surface area is 153 Å². The lowest BCUT2D eigenvalue weighted by atomic mass is 10.1. The van der Waals surface area contributed by atoms with Crippen molar-refractivity contribution < 1.29 is 4.55 Å². The van der Waals surface area contributed by atoms with E-state index in [1.165, 1.54) is 16.7 Å². The highest BCUT2D eigenvalue weighted by Gasteiger charge is 2.14. The second kappa shape index (κ2) is 8.86. The van der Waals surface area contributed by atoms with Gasteiger partial charge in [-0.2, -0.15) is 0 Å². The molecular formula is C22H23NOS. The molecule has 1 unspecified atom stereocenters. The Bertz CT molecular complexity index is 769. The van der Waals surface area contributed by atoms with Crippen molar-refractivity contribution in [3.8, 4) is 0 Å². The topological polar surface area (TPSA) is 35.1 Å². The van der Waals surface area contributed by atoms with E-state index >= 15 is 0 Å². The zero-order valence-electron chi connectivity index (χ0n) is 14.4. The molecule has 0 aromatic heterocycles. The molecule has 0 saturated heterocycles. The highest BCUT2D eigenvalue weighted by molar-refractivity contribution is 7.91. The Morgan fingerprint density at radius 1 is 0.760 bits per heavy atom. The highest BCUT2D eigenvalue weighted by Crippen LogP contribution is 2.21. The van der Waals surface area contributed by atoms with Gasteiger partial charge >= 0.3 is 0 Å². The maximum atomic E-state index is 12.6. The van der Waals surface area contributed by atoms with Crippen LogP contribution in [0.1, 0.15) is 16.7 Å². The third kappa shape index (κ3) is 5.20. The molecule has 3 rings (SSSR count). The van der Waals surface area contributed by atoms with Crippen LogP contribution in [0.15, 0.2) is 88.7 Å². The van der Waals surface area contributed by atoms with Crippen molar-refractivity contribution >= 4 is 11.2 Å². The average Bonchev–Trinajstić information content (AvgIpc) is 2.67. The van der Waals surface area contributed by atoms with Crippen LogP contribution in [0.4, 0.5) is 0 Å². The normalized spacial score (nSPS) is 12.1. The molecule has 25 heavy (non-hydrogen) atoms. The van der Waals surface area contributed by atoms with Crippen LogP contribution < -0.4 is 5.32 Å². The third-order valence-corrected chi connectivity index (χ3v) is 5.54. The van der Waals surface area contributed by atoms with Crippen LogP contribution in [-0.2, 0) is 24.1 Å². The fraction of sp³-hybridized carbons (Fsp3) is 0.182. The minimum absolute atomic E-state index is 0.824. The molecule has 1 N–H and O–H groups in total. The fourth-order valence-electron chi connectivity index (χ4n) is 2.64. The first-order valence-corrected chi connectivity index (χ1v) is 9.69. The Hall–Kier alpha value is -2.07. The summed E-state index contributed by atoms with van der Waals surface area (Å²) in [7, 11) is 0. The van der Waals surface area contributed by atoms with Crippen LogP contribution in [0.2, 0.25) is 0 Å². The van der Waals surface area contributed by atoms with Gasteiger partial charge < -0.3 is 9.87 Å². The first-order chi connectivity index (χ1) is 12.2. The highest BCUT2D eigenvalue weighted by atomic mass is 32.2. The first-order valence-electron chi connectivity index (χ1n) is 8.54. The van der Waals surface area contributed by atoms with E-state index in [0.717, 1.165) is 29.3 Å². The monoisotopic (exact) mass is 349 g/mol. The van der Waals surface area contributed by atoms with Gasteiger partial charge in [0.1, 0.15) is 0 Å². The Balaban J connectivity index is 1.50. The van der Waals surface area contributed by atoms with Gasteiger partial charge in [-0.1, -0.05) is 60.2 Å². The molecule has 0 spiro atoms. The van der Waals surface area contributed by atoms with Crippen LogP contribution >= 0.6 is 0 Å². The van der Waals surface area contributed by atoms with Crippen molar-refractivity contribution in [1.29, 1.82) is 0 Å². The van der Waals surface area contributed by atoms with Gasteiger partial charge in [0.25, 0.3) is 0 Å². The third-order valence-electron chi connectivity index (χ3n) is 4.13. The van der Waals surface area contributed by atoms with Gasteiger partial charge in [-0.15, -0.1) is 0 Å². The van der Waals surface area contributed by atoms with Crippen molar-refractivity contribution in [2.24, 2.45) is 0 Å². The summed E-state index contributed by atoms with van der Waals surface area (Å²) < 4.78 is 12.6. The average molecular weight is 349 g/mol. The first kappa shape index (κ1) is 17.7. The van der Waals surface area contributed by atoms with Gasteiger partial charge in [0.15, 0.2) is 9.79 Å². The van der Waals surface area contributed by atoms with E-state index in [0.29, 0.717) is 0 Å². The lowest BCUT2D eigenvalue weighted by Gasteiger charge is -2.11. The van der Waals surface area contributed by atoms with E-state index < -0.39 is 11.2 Å². The van der Waals surface area contributed by atoms with Gasteiger partial charge in [0, 0.05) is 17.7 Å². The number of aryl methyl sites for hydroxylation is 1. The number of benzene rings is 3. The number of hydrogen-bond acceptors (Lipinski definition) is 2. The lowest BCUT2D eigenvalue weighted by molar-refractivity contribution is 0.595. The Kier molecular flexibility index (Phi) is 6.29. The molecule has 0 aliphatic carbocycles. The Morgan fingerprint density at radius 3 is 2.00 bits per heavy atom. The van der Waals surface area contributed by atoms with Crippen LogP contribution in [0.5, 0.6) is 0 Å². The summed E-state index contributed by atoms with van der Waals surface area (Å²) in [6.07, 6.45) is 1.02. The molecule has 3 aromatic rings. The fourth-order valence-corrected chi connectivity index (χ4v) is 3.68. The molecule has 3 aromatic carbocycles. The molecule has 0 aliphatic heterocycles. The number of hydrogen-bond donors (Lipinski definition) is 1. The molecule has 3 heteroatoms. The standard InChI is InChI=1S/C22H23NOS/c1-18-7-11-21(12-8-18)25(24)22-13-9-20(10-14-22)17-23-16-15-19-5-3-2-4-6-19/h2-14,23H,15-17H2,1H3. The van der Waals surface area contributed by atoms with Crippen molar-refractivity contribution in [1.82, 2.24) is 5.32 Å². The summed E-state index contributed by atoms with van der Waals surface area (Å²) in [6.45, 7) is 3.80. The predicted molar refractivity (Wildman–Crippen MR) is 104 cm³/mol. The van der Waals surface area contributed by atoms with Crippen molar-refractivity contribution in [2.45, 2.75) is 29.7 Å². The van der Waals surface area contributed by atoms with E-state index in [2.05, 4.69) is 41.7 Å². The summed E-state index contributed by atoms with van der Waals surface area (Å²) in [4.78, 5) is 1.69. The maximum absolute atomic E-state index is 12.6. The lowest BCUT2D eigenvalue weighted by Crippen LogP contribution is -2.16. The van der Waals surface area contributed by atoms with Crippen LogP contribution in [0, 0.1) is 6.92 Å². The van der Waals surface area contributed by atoms with Gasteiger partial charge in [-0.3, -0.25) is 0 Å². The molecule has 0 saturated carbocycles. The Morgan fingerprint density at radius 2 is 1.36 bits per heavy atom. The van der Waals surface area contributed by atoms with Gasteiger partial charge in [0.2, 0.25) is 0 Å². The van der Waals surface area contributed by atoms with Crippen LogP contribution in [0.25, 0.3) is 0 Å². The molecule has 1 atom stereocenters. The van der Waals surface area contributed by atoms with E-state index in [9.17, 15) is 4.55 Å². The molecule has 0 radical (unpaired) electrons. The van der Waals surface area contributed by atoms with Gasteiger partial charge in [0.05, 0.1) is 0 Å². The molecule has 0 bridgehead atoms. The molecule has 0 amide bonds.